The van der Waals surface area contributed by atoms with Crippen molar-refractivity contribution in [3.63, 3.8) is 0 Å². The van der Waals surface area contributed by atoms with Gasteiger partial charge < -0.3 is 4.74 Å². The Kier molecular flexibility index (Phi) is 4.47. The molecule has 0 bridgehead atoms. The number of nitro benzene ring substituents is 1. The largest absolute Gasteiger partial charge is 0.467 e. The molecule has 1 aliphatic heterocycles. The van der Waals surface area contributed by atoms with E-state index in [1.54, 1.807) is 24.3 Å². The van der Waals surface area contributed by atoms with Crippen LogP contribution in [0, 0.1) is 10.1 Å². The number of nitrogens with zero attached hydrogens (tertiary/aromatic N) is 2. The first kappa shape index (κ1) is 16.6. The van der Waals surface area contributed by atoms with E-state index in [-0.39, 0.29) is 18.0 Å². The van der Waals surface area contributed by atoms with Crippen LogP contribution in [0.1, 0.15) is 23.6 Å². The van der Waals surface area contributed by atoms with Gasteiger partial charge in [0.05, 0.1) is 12.0 Å². The maximum atomic E-state index is 12.6. The smallest absolute Gasteiger partial charge is 0.333 e. The van der Waals surface area contributed by atoms with Gasteiger partial charge in [-0.2, -0.15) is 0 Å². The number of carbonyl (C=O) groups is 2. The molecule has 1 aliphatic rings. The van der Waals surface area contributed by atoms with E-state index in [2.05, 4.69) is 0 Å². The van der Waals surface area contributed by atoms with Gasteiger partial charge >= 0.3 is 5.97 Å². The van der Waals surface area contributed by atoms with Gasteiger partial charge in [-0.3, -0.25) is 19.8 Å². The summed E-state index contributed by atoms with van der Waals surface area (Å²) in [5.74, 6) is -0.786. The van der Waals surface area contributed by atoms with E-state index in [0.29, 0.717) is 23.2 Å². The predicted molar refractivity (Wildman–Crippen MR) is 90.1 cm³/mol. The molecule has 7 heteroatoms. The number of esters is 1. The zero-order valence-corrected chi connectivity index (χ0v) is 13.5. The molecule has 1 unspecified atom stereocenters. The predicted octanol–water partition coefficient (Wildman–Crippen LogP) is 2.79. The highest BCUT2D eigenvalue weighted by Gasteiger charge is 2.37. The molecule has 0 aromatic heterocycles. The second-order valence-corrected chi connectivity index (χ2v) is 5.67. The third kappa shape index (κ3) is 3.08. The summed E-state index contributed by atoms with van der Waals surface area (Å²) >= 11 is 0. The standard InChI is InChI=1S/C18H16N2O5/c1-25-18(22)17(12-5-3-2-4-6-12)19-15-9-8-14(20(23)24)11-13(15)7-10-16(19)21/h2-6,8-9,11,17H,7,10H2,1H3. The number of ether oxygens (including phenoxy) is 1. The Hall–Kier alpha value is -3.22. The number of methoxy groups -OCH3 is 1. The van der Waals surface area contributed by atoms with Gasteiger partial charge in [-0.05, 0) is 23.6 Å². The number of hydrogen-bond acceptors (Lipinski definition) is 5. The van der Waals surface area contributed by atoms with Crippen LogP contribution in [0.25, 0.3) is 0 Å². The quantitative estimate of drug-likeness (QED) is 0.485. The highest BCUT2D eigenvalue weighted by molar-refractivity contribution is 6.02. The lowest BCUT2D eigenvalue weighted by molar-refractivity contribution is -0.384. The molecule has 0 fully saturated rings. The van der Waals surface area contributed by atoms with Crippen LogP contribution in [0.3, 0.4) is 0 Å². The van der Waals surface area contributed by atoms with E-state index >= 15 is 0 Å². The minimum atomic E-state index is -0.931. The Morgan fingerprint density at radius 1 is 1.20 bits per heavy atom. The summed E-state index contributed by atoms with van der Waals surface area (Å²) in [7, 11) is 1.27. The molecule has 0 N–H and O–H groups in total. The van der Waals surface area contributed by atoms with Crippen LogP contribution < -0.4 is 4.90 Å². The Morgan fingerprint density at radius 2 is 1.92 bits per heavy atom. The Morgan fingerprint density at radius 3 is 2.56 bits per heavy atom. The second kappa shape index (κ2) is 6.72. The Bertz CT molecular complexity index is 835. The van der Waals surface area contributed by atoms with Crippen molar-refractivity contribution in [3.8, 4) is 0 Å². The maximum absolute atomic E-state index is 12.6. The summed E-state index contributed by atoms with van der Waals surface area (Å²) in [5.41, 5.74) is 1.75. The van der Waals surface area contributed by atoms with Crippen molar-refractivity contribution in [1.82, 2.24) is 0 Å². The van der Waals surface area contributed by atoms with Crippen LogP contribution in [0.2, 0.25) is 0 Å². The fourth-order valence-corrected chi connectivity index (χ4v) is 3.04. The lowest BCUT2D eigenvalue weighted by Gasteiger charge is -2.34. The number of rotatable bonds is 4. The fourth-order valence-electron chi connectivity index (χ4n) is 3.04. The molecule has 0 saturated carbocycles. The molecule has 1 heterocycles. The van der Waals surface area contributed by atoms with E-state index in [1.807, 2.05) is 6.07 Å². The number of amides is 1. The molecule has 0 aliphatic carbocycles. The monoisotopic (exact) mass is 340 g/mol. The lowest BCUT2D eigenvalue weighted by Crippen LogP contribution is -2.42. The number of fused-ring (bicyclic) bond motifs is 1. The van der Waals surface area contributed by atoms with Crippen molar-refractivity contribution < 1.29 is 19.2 Å². The Labute approximate surface area is 144 Å². The number of benzene rings is 2. The van der Waals surface area contributed by atoms with Crippen molar-refractivity contribution in [1.29, 1.82) is 0 Å². The van der Waals surface area contributed by atoms with Gasteiger partial charge in [-0.1, -0.05) is 30.3 Å². The van der Waals surface area contributed by atoms with Crippen molar-refractivity contribution in [3.05, 3.63) is 69.8 Å². The van der Waals surface area contributed by atoms with Gasteiger partial charge in [0.15, 0.2) is 6.04 Å². The summed E-state index contributed by atoms with van der Waals surface area (Å²) < 4.78 is 4.90. The van der Waals surface area contributed by atoms with Crippen LogP contribution in [0.5, 0.6) is 0 Å². The molecule has 2 aromatic rings. The van der Waals surface area contributed by atoms with Gasteiger partial charge in [0.25, 0.3) is 5.69 Å². The van der Waals surface area contributed by atoms with Crippen LogP contribution in [-0.2, 0) is 20.7 Å². The number of anilines is 1. The first-order valence-corrected chi connectivity index (χ1v) is 7.75. The number of hydrogen-bond donors (Lipinski definition) is 0. The summed E-state index contributed by atoms with van der Waals surface area (Å²) in [6.45, 7) is 0. The summed E-state index contributed by atoms with van der Waals surface area (Å²) in [6, 6.07) is 12.2. The van der Waals surface area contributed by atoms with Gasteiger partial charge in [-0.15, -0.1) is 0 Å². The summed E-state index contributed by atoms with van der Waals surface area (Å²) in [6.07, 6.45) is 0.573. The second-order valence-electron chi connectivity index (χ2n) is 5.67. The highest BCUT2D eigenvalue weighted by Crippen LogP contribution is 2.37. The van der Waals surface area contributed by atoms with Crippen LogP contribution in [0.15, 0.2) is 48.5 Å². The average molecular weight is 340 g/mol. The molecule has 1 amide bonds. The zero-order chi connectivity index (χ0) is 18.0. The van der Waals surface area contributed by atoms with E-state index in [1.165, 1.54) is 30.2 Å². The molecular weight excluding hydrogens is 324 g/mol. The Balaban J connectivity index is 2.12. The average Bonchev–Trinajstić information content (AvgIpc) is 2.64. The van der Waals surface area contributed by atoms with Crippen molar-refractivity contribution in [2.75, 3.05) is 12.0 Å². The molecule has 128 valence electrons. The third-order valence-electron chi connectivity index (χ3n) is 4.21. The minimum Gasteiger partial charge on any atom is -0.467 e. The number of non-ortho nitro benzene ring substituents is 1. The van der Waals surface area contributed by atoms with Crippen molar-refractivity contribution in [2.45, 2.75) is 18.9 Å². The third-order valence-corrected chi connectivity index (χ3v) is 4.21. The van der Waals surface area contributed by atoms with Gasteiger partial charge in [0.2, 0.25) is 5.91 Å². The molecule has 7 nitrogen and oxygen atoms in total. The first-order valence-electron chi connectivity index (χ1n) is 7.75. The summed E-state index contributed by atoms with van der Waals surface area (Å²) in [5, 5.41) is 11.0. The zero-order valence-electron chi connectivity index (χ0n) is 13.5. The molecule has 0 saturated heterocycles. The van der Waals surface area contributed by atoms with Gasteiger partial charge in [0.1, 0.15) is 0 Å². The van der Waals surface area contributed by atoms with Crippen LogP contribution in [0.4, 0.5) is 11.4 Å². The fraction of sp³-hybridized carbons (Fsp3) is 0.222. The van der Waals surface area contributed by atoms with Crippen molar-refractivity contribution >= 4 is 23.3 Å². The minimum absolute atomic E-state index is 0.0395. The number of carbonyl (C=O) groups excluding carboxylic acids is 2. The molecule has 1 atom stereocenters. The number of nitro groups is 1. The first-order chi connectivity index (χ1) is 12.0. The molecule has 0 radical (unpaired) electrons. The topological polar surface area (TPSA) is 89.8 Å². The molecule has 3 rings (SSSR count). The van der Waals surface area contributed by atoms with E-state index in [0.717, 1.165) is 0 Å². The van der Waals surface area contributed by atoms with E-state index < -0.39 is 16.9 Å². The number of aryl methyl sites for hydroxylation is 1. The van der Waals surface area contributed by atoms with Crippen LogP contribution >= 0.6 is 0 Å². The highest BCUT2D eigenvalue weighted by atomic mass is 16.6. The lowest BCUT2D eigenvalue weighted by atomic mass is 9.96. The van der Waals surface area contributed by atoms with Crippen LogP contribution in [-0.4, -0.2) is 23.9 Å². The molecule has 0 spiro atoms. The summed E-state index contributed by atoms with van der Waals surface area (Å²) in [4.78, 5) is 36.9. The van der Waals surface area contributed by atoms with Gasteiger partial charge in [-0.25, -0.2) is 4.79 Å². The molecule has 25 heavy (non-hydrogen) atoms. The normalized spacial score (nSPS) is 14.6. The van der Waals surface area contributed by atoms with Gasteiger partial charge in [0, 0.05) is 24.2 Å². The van der Waals surface area contributed by atoms with Crippen molar-refractivity contribution in [2.24, 2.45) is 0 Å². The maximum Gasteiger partial charge on any atom is 0.333 e. The molecular formula is C18H16N2O5. The molecule has 2 aromatic carbocycles. The van der Waals surface area contributed by atoms with E-state index in [4.69, 9.17) is 4.74 Å². The SMILES string of the molecule is COC(=O)C(c1ccccc1)N1C(=O)CCc2cc([N+](=O)[O-])ccc21. The van der Waals surface area contributed by atoms with E-state index in [9.17, 15) is 19.7 Å².